The van der Waals surface area contributed by atoms with Gasteiger partial charge in [-0.05, 0) is 37.0 Å². The smallest absolute Gasteiger partial charge is 0.290 e. The normalized spacial score (nSPS) is 16.9. The van der Waals surface area contributed by atoms with E-state index in [2.05, 4.69) is 15.0 Å². The summed E-state index contributed by atoms with van der Waals surface area (Å²) in [6.45, 7) is 0.653. The van der Waals surface area contributed by atoms with Crippen molar-refractivity contribution in [3.63, 3.8) is 0 Å². The maximum Gasteiger partial charge on any atom is 0.290 e. The molecule has 3 aromatic rings. The number of imidazole rings is 1. The van der Waals surface area contributed by atoms with Crippen molar-refractivity contribution in [1.29, 1.82) is 0 Å². The van der Waals surface area contributed by atoms with Gasteiger partial charge in [-0.1, -0.05) is 23.7 Å². The maximum atomic E-state index is 13.2. The number of aryl methyl sites for hydroxylation is 1. The number of nitrogens with zero attached hydrogens (tertiary/aromatic N) is 5. The third-order valence-corrected chi connectivity index (χ3v) is 5.34. The molecule has 28 heavy (non-hydrogen) atoms. The van der Waals surface area contributed by atoms with Gasteiger partial charge < -0.3 is 15.2 Å². The summed E-state index contributed by atoms with van der Waals surface area (Å²) in [6, 6.07) is 7.32. The first-order valence-corrected chi connectivity index (χ1v) is 9.59. The van der Waals surface area contributed by atoms with E-state index in [9.17, 15) is 4.79 Å². The van der Waals surface area contributed by atoms with Crippen LogP contribution in [0.4, 0.5) is 5.95 Å². The molecule has 0 bridgehead atoms. The third kappa shape index (κ3) is 3.45. The zero-order valence-electron chi connectivity index (χ0n) is 15.5. The van der Waals surface area contributed by atoms with Crippen LogP contribution < -0.4 is 5.73 Å². The minimum absolute atomic E-state index is 0.101. The molecule has 1 aromatic carbocycles. The predicted octanol–water partition coefficient (Wildman–Crippen LogP) is 3.48. The highest BCUT2D eigenvalue weighted by Gasteiger charge is 2.33. The fourth-order valence-electron chi connectivity index (χ4n) is 3.67. The van der Waals surface area contributed by atoms with Crippen molar-refractivity contribution in [2.75, 3.05) is 12.3 Å². The SMILES string of the molecule is Cn1ccnc1C(=O)N1CCCCC1c1nc(N)ncc1-c1ccc(Cl)cc1. The second-order valence-electron chi connectivity index (χ2n) is 6.91. The average Bonchev–Trinajstić information content (AvgIpc) is 3.14. The molecule has 1 aliphatic heterocycles. The number of carbonyl (C=O) groups is 1. The van der Waals surface area contributed by atoms with Gasteiger partial charge in [0.25, 0.3) is 5.91 Å². The zero-order chi connectivity index (χ0) is 19.7. The molecule has 1 atom stereocenters. The lowest BCUT2D eigenvalue weighted by molar-refractivity contribution is 0.0590. The number of hydrogen-bond donors (Lipinski definition) is 1. The van der Waals surface area contributed by atoms with Gasteiger partial charge in [0.15, 0.2) is 5.82 Å². The number of amides is 1. The van der Waals surface area contributed by atoms with Crippen LogP contribution in [0.25, 0.3) is 11.1 Å². The van der Waals surface area contributed by atoms with Crippen molar-refractivity contribution in [2.45, 2.75) is 25.3 Å². The Morgan fingerprint density at radius 1 is 1.21 bits per heavy atom. The second-order valence-corrected chi connectivity index (χ2v) is 7.34. The van der Waals surface area contributed by atoms with Gasteiger partial charge in [-0.3, -0.25) is 4.79 Å². The molecule has 0 aliphatic carbocycles. The molecule has 1 amide bonds. The molecule has 1 aliphatic rings. The molecule has 2 N–H and O–H groups in total. The molecule has 144 valence electrons. The molecule has 0 spiro atoms. The summed E-state index contributed by atoms with van der Waals surface area (Å²) >= 11 is 6.04. The molecular weight excluding hydrogens is 376 g/mol. The largest absolute Gasteiger partial charge is 0.368 e. The lowest BCUT2D eigenvalue weighted by Crippen LogP contribution is -2.40. The molecule has 1 fully saturated rings. The topological polar surface area (TPSA) is 89.9 Å². The Kier molecular flexibility index (Phi) is 5.00. The van der Waals surface area contributed by atoms with E-state index < -0.39 is 0 Å². The molecule has 1 saturated heterocycles. The lowest BCUT2D eigenvalue weighted by Gasteiger charge is -2.36. The molecule has 1 unspecified atom stereocenters. The van der Waals surface area contributed by atoms with Gasteiger partial charge in [0.2, 0.25) is 5.95 Å². The lowest BCUT2D eigenvalue weighted by atomic mass is 9.93. The van der Waals surface area contributed by atoms with E-state index in [1.165, 1.54) is 0 Å². The fourth-order valence-corrected chi connectivity index (χ4v) is 3.80. The Bertz CT molecular complexity index is 1000. The van der Waals surface area contributed by atoms with Gasteiger partial charge in [0, 0.05) is 42.8 Å². The number of hydrogen-bond acceptors (Lipinski definition) is 5. The minimum atomic E-state index is -0.186. The number of rotatable bonds is 3. The summed E-state index contributed by atoms with van der Waals surface area (Å²) in [5.74, 6) is 0.515. The standard InChI is InChI=1S/C20H21ClN6O/c1-26-11-9-23-18(26)19(28)27-10-3-2-4-16(27)17-15(12-24-20(22)25-17)13-5-7-14(21)8-6-13/h5-9,11-12,16H,2-4,10H2,1H3,(H2,22,24,25). The average molecular weight is 397 g/mol. The minimum Gasteiger partial charge on any atom is -0.368 e. The van der Waals surface area contributed by atoms with Crippen LogP contribution in [0.5, 0.6) is 0 Å². The van der Waals surface area contributed by atoms with Crippen LogP contribution in [-0.2, 0) is 7.05 Å². The first-order chi connectivity index (χ1) is 13.5. The third-order valence-electron chi connectivity index (χ3n) is 5.08. The van der Waals surface area contributed by atoms with Crippen LogP contribution >= 0.6 is 11.6 Å². The highest BCUT2D eigenvalue weighted by atomic mass is 35.5. The Balaban J connectivity index is 1.77. The number of carbonyl (C=O) groups excluding carboxylic acids is 1. The van der Waals surface area contributed by atoms with E-state index in [1.807, 2.05) is 36.2 Å². The molecule has 2 aromatic heterocycles. The number of aromatic nitrogens is 4. The zero-order valence-corrected chi connectivity index (χ0v) is 16.3. The van der Waals surface area contributed by atoms with Crippen LogP contribution in [0.3, 0.4) is 0 Å². The summed E-state index contributed by atoms with van der Waals surface area (Å²) < 4.78 is 1.74. The Hall–Kier alpha value is -2.93. The summed E-state index contributed by atoms with van der Waals surface area (Å²) in [7, 11) is 1.82. The Morgan fingerprint density at radius 3 is 2.71 bits per heavy atom. The molecular formula is C20H21ClN6O. The van der Waals surface area contributed by atoms with E-state index in [-0.39, 0.29) is 17.9 Å². The van der Waals surface area contributed by atoms with Crippen molar-refractivity contribution >= 4 is 23.5 Å². The number of benzene rings is 1. The molecule has 4 rings (SSSR count). The van der Waals surface area contributed by atoms with Crippen molar-refractivity contribution in [1.82, 2.24) is 24.4 Å². The van der Waals surface area contributed by atoms with Gasteiger partial charge in [0.05, 0.1) is 11.7 Å². The van der Waals surface area contributed by atoms with Crippen LogP contribution in [0.1, 0.15) is 41.6 Å². The molecule has 0 radical (unpaired) electrons. The molecule has 3 heterocycles. The van der Waals surface area contributed by atoms with Crippen molar-refractivity contribution in [2.24, 2.45) is 7.05 Å². The van der Waals surface area contributed by atoms with Crippen LogP contribution in [0, 0.1) is 0 Å². The molecule has 0 saturated carbocycles. The monoisotopic (exact) mass is 396 g/mol. The highest BCUT2D eigenvalue weighted by Crippen LogP contribution is 2.36. The molecule has 8 heteroatoms. The second kappa shape index (κ2) is 7.59. The van der Waals surface area contributed by atoms with Gasteiger partial charge in [0.1, 0.15) is 0 Å². The summed E-state index contributed by atoms with van der Waals surface area (Å²) in [6.07, 6.45) is 7.90. The summed E-state index contributed by atoms with van der Waals surface area (Å²) in [5, 5.41) is 0.658. The highest BCUT2D eigenvalue weighted by molar-refractivity contribution is 6.30. The number of anilines is 1. The summed E-state index contributed by atoms with van der Waals surface area (Å²) in [5.41, 5.74) is 8.47. The maximum absolute atomic E-state index is 13.2. The Labute approximate surface area is 168 Å². The van der Waals surface area contributed by atoms with Gasteiger partial charge in [-0.25, -0.2) is 15.0 Å². The van der Waals surface area contributed by atoms with Gasteiger partial charge in [-0.15, -0.1) is 0 Å². The van der Waals surface area contributed by atoms with Crippen LogP contribution in [0.15, 0.2) is 42.9 Å². The van der Waals surface area contributed by atoms with Crippen molar-refractivity contribution in [3.05, 3.63) is 59.4 Å². The van der Waals surface area contributed by atoms with Gasteiger partial charge >= 0.3 is 0 Å². The van der Waals surface area contributed by atoms with E-state index in [0.29, 0.717) is 17.4 Å². The Morgan fingerprint density at radius 2 is 2.00 bits per heavy atom. The van der Waals surface area contributed by atoms with E-state index >= 15 is 0 Å². The first kappa shape index (κ1) is 18.4. The van der Waals surface area contributed by atoms with Crippen LogP contribution in [-0.4, -0.2) is 36.9 Å². The number of halogens is 1. The van der Waals surface area contributed by atoms with Crippen molar-refractivity contribution < 1.29 is 4.79 Å². The van der Waals surface area contributed by atoms with Gasteiger partial charge in [-0.2, -0.15) is 0 Å². The summed E-state index contributed by atoms with van der Waals surface area (Å²) in [4.78, 5) is 28.0. The number of nitrogens with two attached hydrogens (primary N) is 1. The molecule has 7 nitrogen and oxygen atoms in total. The quantitative estimate of drug-likeness (QED) is 0.731. The number of piperidine rings is 1. The predicted molar refractivity (Wildman–Crippen MR) is 108 cm³/mol. The van der Waals surface area contributed by atoms with Crippen molar-refractivity contribution in [3.8, 4) is 11.1 Å². The van der Waals surface area contributed by atoms with E-state index in [4.69, 9.17) is 17.3 Å². The van der Waals surface area contributed by atoms with Crippen LogP contribution in [0.2, 0.25) is 5.02 Å². The number of nitrogen functional groups attached to an aromatic ring is 1. The number of likely N-dealkylation sites (tertiary alicyclic amines) is 1. The van der Waals surface area contributed by atoms with E-state index in [1.54, 1.807) is 23.2 Å². The first-order valence-electron chi connectivity index (χ1n) is 9.21. The van der Waals surface area contributed by atoms with E-state index in [0.717, 1.165) is 36.1 Å². The fraction of sp³-hybridized carbons (Fsp3) is 0.300.